The number of amides is 1. The van der Waals surface area contributed by atoms with Crippen LogP contribution in [0.4, 0.5) is 4.79 Å². The van der Waals surface area contributed by atoms with E-state index in [-0.39, 0.29) is 6.09 Å². The average molecular weight is 320 g/mol. The molecule has 1 N–H and O–H groups in total. The van der Waals surface area contributed by atoms with Gasteiger partial charge in [-0.15, -0.1) is 0 Å². The molecular formula is C19H32N2O2. The van der Waals surface area contributed by atoms with E-state index in [1.807, 2.05) is 26.8 Å². The first kappa shape index (κ1) is 19.5. The first-order valence-electron chi connectivity index (χ1n) is 8.49. The summed E-state index contributed by atoms with van der Waals surface area (Å²) >= 11 is 0. The van der Waals surface area contributed by atoms with Crippen molar-refractivity contribution in [3.63, 3.8) is 0 Å². The Labute approximate surface area is 141 Å². The van der Waals surface area contributed by atoms with Crippen molar-refractivity contribution in [2.45, 2.75) is 58.6 Å². The van der Waals surface area contributed by atoms with Gasteiger partial charge < -0.3 is 15.0 Å². The average Bonchev–Trinajstić information content (AvgIpc) is 2.48. The Balaban J connectivity index is 2.13. The molecule has 1 aromatic carbocycles. The van der Waals surface area contributed by atoms with Crippen LogP contribution < -0.4 is 5.32 Å². The molecule has 130 valence electrons. The van der Waals surface area contributed by atoms with E-state index < -0.39 is 5.60 Å². The lowest BCUT2D eigenvalue weighted by atomic mass is 10.1. The second-order valence-electron chi connectivity index (χ2n) is 7.13. The molecule has 1 aromatic rings. The molecule has 0 bridgehead atoms. The molecule has 0 fully saturated rings. The van der Waals surface area contributed by atoms with Crippen molar-refractivity contribution in [1.29, 1.82) is 0 Å². The molecule has 0 heterocycles. The fourth-order valence-corrected chi connectivity index (χ4v) is 2.23. The zero-order valence-corrected chi connectivity index (χ0v) is 15.3. The van der Waals surface area contributed by atoms with Crippen molar-refractivity contribution in [3.05, 3.63) is 35.9 Å². The predicted molar refractivity (Wildman–Crippen MR) is 95.7 cm³/mol. The number of nitrogens with one attached hydrogen (secondary N) is 1. The molecule has 1 unspecified atom stereocenters. The maximum Gasteiger partial charge on any atom is 0.410 e. The number of ether oxygens (including phenoxy) is 1. The summed E-state index contributed by atoms with van der Waals surface area (Å²) < 4.78 is 5.33. The molecule has 1 amide bonds. The molecule has 4 heteroatoms. The highest BCUT2D eigenvalue weighted by molar-refractivity contribution is 5.67. The van der Waals surface area contributed by atoms with Gasteiger partial charge in [0.15, 0.2) is 0 Å². The van der Waals surface area contributed by atoms with E-state index in [1.165, 1.54) is 5.56 Å². The zero-order chi connectivity index (χ0) is 17.3. The van der Waals surface area contributed by atoms with Crippen molar-refractivity contribution in [1.82, 2.24) is 10.2 Å². The number of benzene rings is 1. The summed E-state index contributed by atoms with van der Waals surface area (Å²) in [4.78, 5) is 13.5. The summed E-state index contributed by atoms with van der Waals surface area (Å²) in [6.45, 7) is 9.47. The molecule has 1 atom stereocenters. The van der Waals surface area contributed by atoms with Crippen LogP contribution in [0.2, 0.25) is 0 Å². The van der Waals surface area contributed by atoms with E-state index >= 15 is 0 Å². The van der Waals surface area contributed by atoms with Crippen molar-refractivity contribution in [2.24, 2.45) is 0 Å². The highest BCUT2D eigenvalue weighted by Gasteiger charge is 2.19. The normalized spacial score (nSPS) is 12.7. The van der Waals surface area contributed by atoms with E-state index in [2.05, 4.69) is 36.5 Å². The number of hydrogen-bond donors (Lipinski definition) is 1. The van der Waals surface area contributed by atoms with Crippen molar-refractivity contribution in [2.75, 3.05) is 20.1 Å². The number of carbonyl (C=O) groups is 1. The molecule has 23 heavy (non-hydrogen) atoms. The van der Waals surface area contributed by atoms with Gasteiger partial charge in [0.25, 0.3) is 0 Å². The zero-order valence-electron chi connectivity index (χ0n) is 15.3. The van der Waals surface area contributed by atoms with Crippen molar-refractivity contribution in [3.8, 4) is 0 Å². The molecule has 4 nitrogen and oxygen atoms in total. The van der Waals surface area contributed by atoms with E-state index in [4.69, 9.17) is 4.74 Å². The topological polar surface area (TPSA) is 41.6 Å². The van der Waals surface area contributed by atoms with Crippen LogP contribution in [0, 0.1) is 0 Å². The van der Waals surface area contributed by atoms with Crippen molar-refractivity contribution < 1.29 is 9.53 Å². The Morgan fingerprint density at radius 1 is 1.26 bits per heavy atom. The minimum absolute atomic E-state index is 0.255. The molecule has 0 spiro atoms. The van der Waals surface area contributed by atoms with Crippen molar-refractivity contribution >= 4 is 6.09 Å². The number of carbonyl (C=O) groups excluding carboxylic acids is 1. The number of rotatable bonds is 8. The van der Waals surface area contributed by atoms with Crippen LogP contribution in [0.1, 0.15) is 46.1 Å². The number of aryl methyl sites for hydroxylation is 1. The molecule has 0 saturated carbocycles. The molecule has 0 aromatic heterocycles. The lowest BCUT2D eigenvalue weighted by Gasteiger charge is -2.24. The summed E-state index contributed by atoms with van der Waals surface area (Å²) in [6.07, 6.45) is 2.87. The van der Waals surface area contributed by atoms with Crippen LogP contribution >= 0.6 is 0 Å². The van der Waals surface area contributed by atoms with Crippen LogP contribution in [0.3, 0.4) is 0 Å². The number of hydrogen-bond acceptors (Lipinski definition) is 3. The Hall–Kier alpha value is -1.55. The van der Waals surface area contributed by atoms with Crippen LogP contribution in [0.25, 0.3) is 0 Å². The molecule has 1 rings (SSSR count). The van der Waals surface area contributed by atoms with E-state index in [9.17, 15) is 4.79 Å². The number of nitrogens with zero attached hydrogens (tertiary/aromatic N) is 1. The van der Waals surface area contributed by atoms with E-state index in [0.29, 0.717) is 12.6 Å². The van der Waals surface area contributed by atoms with Gasteiger partial charge in [0.2, 0.25) is 0 Å². The summed E-state index contributed by atoms with van der Waals surface area (Å²) in [6, 6.07) is 11.0. The lowest BCUT2D eigenvalue weighted by Crippen LogP contribution is -2.36. The molecule has 0 aliphatic carbocycles. The van der Waals surface area contributed by atoms with Crippen LogP contribution in [0.15, 0.2) is 30.3 Å². The second kappa shape index (κ2) is 9.56. The minimum atomic E-state index is -0.435. The van der Waals surface area contributed by atoms with Crippen LogP contribution in [-0.2, 0) is 11.2 Å². The minimum Gasteiger partial charge on any atom is -0.444 e. The Morgan fingerprint density at radius 2 is 1.91 bits per heavy atom. The van der Waals surface area contributed by atoms with Gasteiger partial charge in [0, 0.05) is 19.6 Å². The van der Waals surface area contributed by atoms with Crippen LogP contribution in [0.5, 0.6) is 0 Å². The highest BCUT2D eigenvalue weighted by atomic mass is 16.6. The largest absolute Gasteiger partial charge is 0.444 e. The summed E-state index contributed by atoms with van der Waals surface area (Å²) in [7, 11) is 1.78. The van der Waals surface area contributed by atoms with Gasteiger partial charge in [-0.05, 0) is 59.1 Å². The summed E-state index contributed by atoms with van der Waals surface area (Å²) in [5.74, 6) is 0. The fourth-order valence-electron chi connectivity index (χ4n) is 2.23. The van der Waals surface area contributed by atoms with E-state index in [1.54, 1.807) is 11.9 Å². The third-order valence-corrected chi connectivity index (χ3v) is 3.58. The van der Waals surface area contributed by atoms with Gasteiger partial charge >= 0.3 is 6.09 Å². The molecule has 0 aliphatic heterocycles. The standard InChI is InChI=1S/C19H32N2O2/c1-16(12-13-17-10-7-6-8-11-17)20-14-9-15-21(5)18(22)23-19(2,3)4/h6-8,10-11,16,20H,9,12-15H2,1-5H3. The van der Waals surface area contributed by atoms with Gasteiger partial charge in [-0.3, -0.25) is 0 Å². The summed E-state index contributed by atoms with van der Waals surface area (Å²) in [5.41, 5.74) is 0.945. The third-order valence-electron chi connectivity index (χ3n) is 3.58. The maximum absolute atomic E-state index is 11.8. The Morgan fingerprint density at radius 3 is 2.52 bits per heavy atom. The van der Waals surface area contributed by atoms with Gasteiger partial charge in [0.05, 0.1) is 0 Å². The second-order valence-corrected chi connectivity index (χ2v) is 7.13. The van der Waals surface area contributed by atoms with Gasteiger partial charge in [-0.1, -0.05) is 30.3 Å². The molecule has 0 aliphatic rings. The quantitative estimate of drug-likeness (QED) is 0.740. The SMILES string of the molecule is CC(CCc1ccccc1)NCCCN(C)C(=O)OC(C)(C)C. The lowest BCUT2D eigenvalue weighted by molar-refractivity contribution is 0.0297. The molecule has 0 radical (unpaired) electrons. The monoisotopic (exact) mass is 320 g/mol. The highest BCUT2D eigenvalue weighted by Crippen LogP contribution is 2.09. The molecule has 0 saturated heterocycles. The summed E-state index contributed by atoms with van der Waals surface area (Å²) in [5, 5.41) is 3.52. The third kappa shape index (κ3) is 9.24. The molecular weight excluding hydrogens is 288 g/mol. The first-order valence-corrected chi connectivity index (χ1v) is 8.49. The fraction of sp³-hybridized carbons (Fsp3) is 0.632. The van der Waals surface area contributed by atoms with E-state index in [0.717, 1.165) is 25.8 Å². The maximum atomic E-state index is 11.8. The Kier molecular flexibility index (Phi) is 8.10. The van der Waals surface area contributed by atoms with Gasteiger partial charge in [-0.2, -0.15) is 0 Å². The predicted octanol–water partition coefficient (Wildman–Crippen LogP) is 3.85. The van der Waals surface area contributed by atoms with Gasteiger partial charge in [0.1, 0.15) is 5.60 Å². The van der Waals surface area contributed by atoms with Crippen LogP contribution in [-0.4, -0.2) is 42.8 Å². The smallest absolute Gasteiger partial charge is 0.410 e. The Bertz CT molecular complexity index is 454. The van der Waals surface area contributed by atoms with Gasteiger partial charge in [-0.25, -0.2) is 4.79 Å². The first-order chi connectivity index (χ1) is 10.8.